The molecule has 0 spiro atoms. The molecule has 1 atom stereocenters. The van der Waals surface area contributed by atoms with Gasteiger partial charge in [0.2, 0.25) is 24.9 Å². The average molecular weight is 1020 g/mol. The Morgan fingerprint density at radius 3 is 1.65 bits per heavy atom. The molecule has 2 N–H and O–H groups in total. The molecule has 11 heterocycles. The van der Waals surface area contributed by atoms with Gasteiger partial charge in [-0.1, -0.05) is 0 Å². The number of rotatable bonds is 7. The molecule has 0 saturated heterocycles. The van der Waals surface area contributed by atoms with Crippen molar-refractivity contribution in [1.82, 2.24) is 92.5 Å². The summed E-state index contributed by atoms with van der Waals surface area (Å²) in [5, 5.41) is 10.0. The summed E-state index contributed by atoms with van der Waals surface area (Å²) in [6.07, 6.45) is 27.4. The Kier molecular flexibility index (Phi) is 15.2. The first-order valence-electron chi connectivity index (χ1n) is 19.8. The molecule has 0 aromatic carbocycles. The quantitative estimate of drug-likeness (QED) is 0.113. The molecule has 0 radical (unpaired) electrons. The molecule has 338 valence electrons. The SMILES string of the molecule is CCn1cnc2c(-n3cc[n+](C)c3)ncnc21.CCn1cnc2c(N3C=CN(C)C3O)ncnc21.CCn1cnc2c(OC)ncnc21.C[n+]1ccn(-c2ncnc3nc[nH]c23)c1.[Cl-].[I-]. The van der Waals surface area contributed by atoms with Crippen LogP contribution in [0.2, 0.25) is 0 Å². The van der Waals surface area contributed by atoms with Gasteiger partial charge in [-0.05, 0) is 20.8 Å². The molecule has 10 aromatic rings. The molecular formula is C39H46ClIN22O2. The summed E-state index contributed by atoms with van der Waals surface area (Å²) in [5.41, 5.74) is 6.21. The first-order chi connectivity index (χ1) is 30.7. The third kappa shape index (κ3) is 9.65. The van der Waals surface area contributed by atoms with Gasteiger partial charge in [0.25, 0.3) is 11.6 Å². The van der Waals surface area contributed by atoms with Gasteiger partial charge in [0, 0.05) is 39.1 Å². The van der Waals surface area contributed by atoms with Crippen LogP contribution >= 0.6 is 0 Å². The van der Waals surface area contributed by atoms with Crippen molar-refractivity contribution in [3.63, 3.8) is 0 Å². The second kappa shape index (κ2) is 20.9. The minimum absolute atomic E-state index is 0. The minimum Gasteiger partial charge on any atom is -1.00 e. The van der Waals surface area contributed by atoms with Gasteiger partial charge in [0.1, 0.15) is 50.1 Å². The highest BCUT2D eigenvalue weighted by Gasteiger charge is 2.26. The third-order valence-corrected chi connectivity index (χ3v) is 9.90. The Bertz CT molecular complexity index is 3150. The molecule has 0 amide bonds. The second-order valence-electron chi connectivity index (χ2n) is 13.9. The predicted octanol–water partition coefficient (Wildman–Crippen LogP) is -4.36. The Balaban J connectivity index is 0.000000143. The van der Waals surface area contributed by atoms with E-state index in [0.717, 1.165) is 59.2 Å². The zero-order valence-corrected chi connectivity index (χ0v) is 39.4. The molecule has 11 rings (SSSR count). The van der Waals surface area contributed by atoms with Gasteiger partial charge < -0.3 is 69.8 Å². The number of hydrogen-bond acceptors (Lipinski definition) is 16. The van der Waals surface area contributed by atoms with Crippen molar-refractivity contribution in [3.8, 4) is 17.5 Å². The number of aromatic nitrogens is 20. The zero-order chi connectivity index (χ0) is 44.0. The van der Waals surface area contributed by atoms with Crippen molar-refractivity contribution >= 4 is 50.5 Å². The zero-order valence-electron chi connectivity index (χ0n) is 36.4. The summed E-state index contributed by atoms with van der Waals surface area (Å²) in [6, 6.07) is 0. The van der Waals surface area contributed by atoms with Crippen molar-refractivity contribution in [2.75, 3.05) is 19.1 Å². The van der Waals surface area contributed by atoms with Crippen LogP contribution in [0.5, 0.6) is 5.88 Å². The molecule has 0 saturated carbocycles. The van der Waals surface area contributed by atoms with Gasteiger partial charge in [0.05, 0.1) is 46.5 Å². The highest BCUT2D eigenvalue weighted by molar-refractivity contribution is 5.84. The number of halogens is 2. The maximum atomic E-state index is 10.0. The van der Waals surface area contributed by atoms with Crippen molar-refractivity contribution < 1.29 is 55.4 Å². The Morgan fingerprint density at radius 2 is 1.12 bits per heavy atom. The topological polar surface area (TPSA) is 239 Å². The standard InChI is InChI=1S/C11H14N6O.C11H13N6.C9H9N6.C8H10N4O.ClH.HI/c1-3-16-7-14-8-9(16)12-6-13-10(8)17-5-4-15(2)11(17)18;1-3-16-7-14-9-10(16)12-6-13-11(9)17-5-4-15(2)8-17;1-14-2-3-15(6-14)9-7-8(11-4-10-7)12-5-13-9;1-3-12-5-11-6-7(12)9-4-10-8(6)13-2;;/h4-7,11,18H,3H2,1-2H3;4-8H,3H2,1-2H3;2-6H,1H3,(H,10,11,12,13);4-5H,3H2,1-2H3;2*1H/q;2*+1;;;/p-2. The van der Waals surface area contributed by atoms with E-state index in [1.807, 2.05) is 97.4 Å². The summed E-state index contributed by atoms with van der Waals surface area (Å²) in [7, 11) is 7.30. The van der Waals surface area contributed by atoms with E-state index in [1.165, 1.54) is 19.0 Å². The van der Waals surface area contributed by atoms with Gasteiger partial charge in [-0.2, -0.15) is 24.1 Å². The van der Waals surface area contributed by atoms with Crippen LogP contribution in [0.4, 0.5) is 5.82 Å². The number of anilines is 1. The highest BCUT2D eigenvalue weighted by atomic mass is 127. The van der Waals surface area contributed by atoms with Gasteiger partial charge in [-0.25, -0.2) is 54.0 Å². The molecular weight excluding hydrogens is 971 g/mol. The van der Waals surface area contributed by atoms with Crippen LogP contribution in [0.25, 0.3) is 56.3 Å². The molecule has 65 heavy (non-hydrogen) atoms. The molecule has 1 aliphatic heterocycles. The van der Waals surface area contributed by atoms with E-state index in [0.29, 0.717) is 28.4 Å². The summed E-state index contributed by atoms with van der Waals surface area (Å²) >= 11 is 0. The van der Waals surface area contributed by atoms with Crippen LogP contribution in [0.3, 0.4) is 0 Å². The van der Waals surface area contributed by atoms with Gasteiger partial charge in [-0.15, -0.1) is 0 Å². The smallest absolute Gasteiger partial charge is 0.257 e. The first-order valence-corrected chi connectivity index (χ1v) is 19.8. The lowest BCUT2D eigenvalue weighted by atomic mass is 10.4. The van der Waals surface area contributed by atoms with E-state index in [9.17, 15) is 5.11 Å². The number of methoxy groups -OCH3 is 1. The number of aliphatic hydroxyl groups excluding tert-OH is 1. The third-order valence-electron chi connectivity index (χ3n) is 9.90. The summed E-state index contributed by atoms with van der Waals surface area (Å²) < 4.78 is 18.7. The van der Waals surface area contributed by atoms with Crippen LogP contribution in [-0.2, 0) is 33.7 Å². The second-order valence-corrected chi connectivity index (χ2v) is 13.9. The molecule has 0 aliphatic carbocycles. The number of nitrogens with one attached hydrogen (secondary N) is 1. The van der Waals surface area contributed by atoms with Crippen LogP contribution < -0.4 is 55.2 Å². The number of hydrogen-bond donors (Lipinski definition) is 2. The van der Waals surface area contributed by atoms with Crippen molar-refractivity contribution in [3.05, 3.63) is 100 Å². The van der Waals surface area contributed by atoms with Gasteiger partial charge in [-0.3, -0.25) is 4.90 Å². The number of aliphatic hydroxyl groups is 1. The van der Waals surface area contributed by atoms with Crippen molar-refractivity contribution in [2.24, 2.45) is 14.1 Å². The van der Waals surface area contributed by atoms with Crippen molar-refractivity contribution in [2.45, 2.75) is 46.8 Å². The van der Waals surface area contributed by atoms with E-state index in [1.54, 1.807) is 68.0 Å². The number of aryl methyl sites for hydroxylation is 5. The number of ether oxygens (including phenoxy) is 1. The molecule has 0 bridgehead atoms. The number of imidazole rings is 6. The Hall–Kier alpha value is -7.26. The Morgan fingerprint density at radius 1 is 0.631 bits per heavy atom. The fourth-order valence-corrected chi connectivity index (χ4v) is 6.62. The van der Waals surface area contributed by atoms with E-state index >= 15 is 0 Å². The predicted molar refractivity (Wildman–Crippen MR) is 228 cm³/mol. The van der Waals surface area contributed by atoms with Gasteiger partial charge in [0.15, 0.2) is 50.5 Å². The molecule has 26 heteroatoms. The van der Waals surface area contributed by atoms with E-state index < -0.39 is 6.35 Å². The molecule has 1 unspecified atom stereocenters. The minimum atomic E-state index is -0.755. The van der Waals surface area contributed by atoms with Crippen LogP contribution in [0, 0.1) is 0 Å². The average Bonchev–Trinajstić information content (AvgIpc) is 4.18. The molecule has 0 fully saturated rings. The first kappa shape index (κ1) is 47.2. The van der Waals surface area contributed by atoms with Crippen LogP contribution in [0.15, 0.2) is 100 Å². The molecule has 24 nitrogen and oxygen atoms in total. The van der Waals surface area contributed by atoms with Crippen LogP contribution in [0.1, 0.15) is 20.8 Å². The maximum Gasteiger partial charge on any atom is 0.257 e. The summed E-state index contributed by atoms with van der Waals surface area (Å²) in [6.45, 7) is 8.63. The van der Waals surface area contributed by atoms with Gasteiger partial charge >= 0.3 is 0 Å². The lowest BCUT2D eigenvalue weighted by Crippen LogP contribution is -3.00. The molecule has 10 aromatic heterocycles. The highest BCUT2D eigenvalue weighted by Crippen LogP contribution is 2.26. The largest absolute Gasteiger partial charge is 1.00 e. The van der Waals surface area contributed by atoms with Crippen molar-refractivity contribution in [1.29, 1.82) is 0 Å². The normalized spacial score (nSPS) is 12.9. The summed E-state index contributed by atoms with van der Waals surface area (Å²) in [5.74, 6) is 2.75. The maximum absolute atomic E-state index is 10.0. The van der Waals surface area contributed by atoms with E-state index in [4.69, 9.17) is 4.74 Å². The number of nitrogens with zero attached hydrogens (tertiary/aromatic N) is 21. The monoisotopic (exact) mass is 1020 g/mol. The Labute approximate surface area is 394 Å². The summed E-state index contributed by atoms with van der Waals surface area (Å²) in [4.78, 5) is 56.8. The molecule has 1 aliphatic rings. The fourth-order valence-electron chi connectivity index (χ4n) is 6.62. The van der Waals surface area contributed by atoms with E-state index in [-0.39, 0.29) is 36.4 Å². The van der Waals surface area contributed by atoms with Crippen LogP contribution in [-0.4, -0.2) is 118 Å². The lowest BCUT2D eigenvalue weighted by molar-refractivity contribution is -0.670. The lowest BCUT2D eigenvalue weighted by Gasteiger charge is -2.24. The van der Waals surface area contributed by atoms with E-state index in [2.05, 4.69) is 71.7 Å². The number of fused-ring (bicyclic) bond motifs is 4. The fraction of sp³-hybridized carbons (Fsp3) is 0.282. The number of H-pyrrole nitrogens is 1. The number of aromatic amines is 1.